The van der Waals surface area contributed by atoms with Crippen LogP contribution >= 0.6 is 0 Å². The van der Waals surface area contributed by atoms with Crippen LogP contribution in [-0.4, -0.2) is 31.1 Å². The number of nitrogens with one attached hydrogen (secondary N) is 1. The molecule has 0 aromatic carbocycles. The summed E-state index contributed by atoms with van der Waals surface area (Å²) in [5, 5.41) is 2.75. The van der Waals surface area contributed by atoms with Crippen molar-refractivity contribution in [3.63, 3.8) is 0 Å². The fourth-order valence-corrected chi connectivity index (χ4v) is 1.09. The SMILES string of the molecule is NC(=O)CCCCC(=O)NCC1CO1. The third-order valence-corrected chi connectivity index (χ3v) is 2.01. The monoisotopic (exact) mass is 200 g/mol. The summed E-state index contributed by atoms with van der Waals surface area (Å²) < 4.78 is 4.94. The zero-order valence-electron chi connectivity index (χ0n) is 8.12. The molecule has 5 heteroatoms. The van der Waals surface area contributed by atoms with E-state index in [9.17, 15) is 9.59 Å². The van der Waals surface area contributed by atoms with Crippen LogP contribution in [0.4, 0.5) is 0 Å². The molecule has 1 atom stereocenters. The van der Waals surface area contributed by atoms with E-state index in [2.05, 4.69) is 5.32 Å². The lowest BCUT2D eigenvalue weighted by Gasteiger charge is -2.01. The zero-order chi connectivity index (χ0) is 10.4. The Bertz CT molecular complexity index is 214. The smallest absolute Gasteiger partial charge is 0.220 e. The van der Waals surface area contributed by atoms with Gasteiger partial charge in [-0.15, -0.1) is 0 Å². The molecular formula is C9H16N2O3. The van der Waals surface area contributed by atoms with Crippen LogP contribution in [0.3, 0.4) is 0 Å². The maximum absolute atomic E-state index is 11.1. The molecular weight excluding hydrogens is 184 g/mol. The number of amides is 2. The average Bonchev–Trinajstić information content (AvgIpc) is 2.92. The molecule has 80 valence electrons. The number of carbonyl (C=O) groups excluding carboxylic acids is 2. The number of hydrogen-bond donors (Lipinski definition) is 2. The lowest BCUT2D eigenvalue weighted by Crippen LogP contribution is -2.27. The summed E-state index contributed by atoms with van der Waals surface area (Å²) in [6, 6.07) is 0. The number of carbonyl (C=O) groups is 2. The van der Waals surface area contributed by atoms with E-state index in [1.54, 1.807) is 0 Å². The van der Waals surface area contributed by atoms with Crippen LogP contribution in [-0.2, 0) is 14.3 Å². The molecule has 1 saturated heterocycles. The van der Waals surface area contributed by atoms with Gasteiger partial charge in [0.2, 0.25) is 11.8 Å². The van der Waals surface area contributed by atoms with E-state index in [0.29, 0.717) is 32.2 Å². The first-order chi connectivity index (χ1) is 6.68. The topological polar surface area (TPSA) is 84.7 Å². The van der Waals surface area contributed by atoms with Gasteiger partial charge >= 0.3 is 0 Å². The third-order valence-electron chi connectivity index (χ3n) is 2.01. The van der Waals surface area contributed by atoms with Gasteiger partial charge in [0, 0.05) is 19.4 Å². The lowest BCUT2D eigenvalue weighted by molar-refractivity contribution is -0.122. The molecule has 0 radical (unpaired) electrons. The number of primary amides is 1. The highest BCUT2D eigenvalue weighted by Gasteiger charge is 2.22. The molecule has 0 bridgehead atoms. The molecule has 14 heavy (non-hydrogen) atoms. The summed E-state index contributed by atoms with van der Waals surface area (Å²) in [6.07, 6.45) is 2.44. The van der Waals surface area contributed by atoms with E-state index in [1.807, 2.05) is 0 Å². The first-order valence-electron chi connectivity index (χ1n) is 4.85. The van der Waals surface area contributed by atoms with Crippen molar-refractivity contribution in [3.05, 3.63) is 0 Å². The Balaban J connectivity index is 1.88. The lowest BCUT2D eigenvalue weighted by atomic mass is 10.2. The van der Waals surface area contributed by atoms with Gasteiger partial charge in [0.1, 0.15) is 0 Å². The number of hydrogen-bond acceptors (Lipinski definition) is 3. The van der Waals surface area contributed by atoms with Crippen molar-refractivity contribution in [2.24, 2.45) is 5.73 Å². The molecule has 0 aromatic rings. The van der Waals surface area contributed by atoms with E-state index in [4.69, 9.17) is 10.5 Å². The Morgan fingerprint density at radius 3 is 2.57 bits per heavy atom. The minimum atomic E-state index is -0.309. The summed E-state index contributed by atoms with van der Waals surface area (Å²) in [6.45, 7) is 1.36. The van der Waals surface area contributed by atoms with E-state index in [0.717, 1.165) is 6.61 Å². The largest absolute Gasteiger partial charge is 0.371 e. The van der Waals surface area contributed by atoms with Gasteiger partial charge in [-0.1, -0.05) is 0 Å². The fourth-order valence-electron chi connectivity index (χ4n) is 1.09. The quantitative estimate of drug-likeness (QED) is 0.431. The van der Waals surface area contributed by atoms with Crippen molar-refractivity contribution < 1.29 is 14.3 Å². The molecule has 1 unspecified atom stereocenters. The van der Waals surface area contributed by atoms with Crippen LogP contribution in [0.15, 0.2) is 0 Å². The van der Waals surface area contributed by atoms with Gasteiger partial charge in [0.05, 0.1) is 12.7 Å². The van der Waals surface area contributed by atoms with Crippen molar-refractivity contribution in [2.75, 3.05) is 13.2 Å². The molecule has 2 amide bonds. The van der Waals surface area contributed by atoms with E-state index < -0.39 is 0 Å². The molecule has 1 aliphatic rings. The van der Waals surface area contributed by atoms with Gasteiger partial charge in [-0.2, -0.15) is 0 Å². The van der Waals surface area contributed by atoms with Crippen molar-refractivity contribution >= 4 is 11.8 Å². The minimum Gasteiger partial charge on any atom is -0.371 e. The first-order valence-corrected chi connectivity index (χ1v) is 4.85. The van der Waals surface area contributed by atoms with Crippen molar-refractivity contribution in [2.45, 2.75) is 31.8 Å². The van der Waals surface area contributed by atoms with Gasteiger partial charge in [-0.25, -0.2) is 0 Å². The first kappa shape index (κ1) is 11.0. The Hall–Kier alpha value is -1.10. The van der Waals surface area contributed by atoms with Crippen molar-refractivity contribution in [1.29, 1.82) is 0 Å². The Labute approximate surface area is 83.0 Å². The Kier molecular flexibility index (Phi) is 4.39. The average molecular weight is 200 g/mol. The highest BCUT2D eigenvalue weighted by molar-refractivity contribution is 5.76. The van der Waals surface area contributed by atoms with Gasteiger partial charge in [0.25, 0.3) is 0 Å². The summed E-state index contributed by atoms with van der Waals surface area (Å²) >= 11 is 0. The van der Waals surface area contributed by atoms with Crippen LogP contribution in [0, 0.1) is 0 Å². The summed E-state index contributed by atoms with van der Waals surface area (Å²) in [5.41, 5.74) is 4.96. The van der Waals surface area contributed by atoms with E-state index in [1.165, 1.54) is 0 Å². The Morgan fingerprint density at radius 2 is 2.00 bits per heavy atom. The van der Waals surface area contributed by atoms with Gasteiger partial charge in [-0.05, 0) is 12.8 Å². The predicted molar refractivity (Wildman–Crippen MR) is 50.4 cm³/mol. The summed E-state index contributed by atoms with van der Waals surface area (Å²) in [5.74, 6) is -0.290. The summed E-state index contributed by atoms with van der Waals surface area (Å²) in [4.78, 5) is 21.5. The van der Waals surface area contributed by atoms with Gasteiger partial charge < -0.3 is 15.8 Å². The minimum absolute atomic E-state index is 0.0185. The molecule has 1 heterocycles. The maximum atomic E-state index is 11.1. The standard InChI is InChI=1S/C9H16N2O3/c10-8(12)3-1-2-4-9(13)11-5-7-6-14-7/h7H,1-6H2,(H2,10,12)(H,11,13). The van der Waals surface area contributed by atoms with Crippen LogP contribution in [0.2, 0.25) is 0 Å². The van der Waals surface area contributed by atoms with Crippen LogP contribution in [0.25, 0.3) is 0 Å². The molecule has 1 rings (SSSR count). The molecule has 1 fully saturated rings. The number of nitrogens with two attached hydrogens (primary N) is 1. The maximum Gasteiger partial charge on any atom is 0.220 e. The number of ether oxygens (including phenoxy) is 1. The number of rotatable bonds is 7. The molecule has 0 aromatic heterocycles. The Morgan fingerprint density at radius 1 is 1.36 bits per heavy atom. The normalized spacial score (nSPS) is 19.0. The predicted octanol–water partition coefficient (Wildman–Crippen LogP) is -0.453. The molecule has 0 aliphatic carbocycles. The van der Waals surface area contributed by atoms with Crippen molar-refractivity contribution in [3.8, 4) is 0 Å². The molecule has 3 N–H and O–H groups in total. The van der Waals surface area contributed by atoms with Crippen molar-refractivity contribution in [1.82, 2.24) is 5.32 Å². The second-order valence-electron chi connectivity index (χ2n) is 3.43. The van der Waals surface area contributed by atoms with Crippen LogP contribution < -0.4 is 11.1 Å². The molecule has 0 spiro atoms. The van der Waals surface area contributed by atoms with Crippen LogP contribution in [0.5, 0.6) is 0 Å². The molecule has 0 saturated carbocycles. The fraction of sp³-hybridized carbons (Fsp3) is 0.778. The number of unbranched alkanes of at least 4 members (excludes halogenated alkanes) is 1. The highest BCUT2D eigenvalue weighted by Crippen LogP contribution is 2.06. The second kappa shape index (κ2) is 5.59. The number of epoxide rings is 1. The third kappa shape index (κ3) is 5.53. The van der Waals surface area contributed by atoms with Crippen LogP contribution in [0.1, 0.15) is 25.7 Å². The molecule has 1 aliphatic heterocycles. The van der Waals surface area contributed by atoms with Gasteiger partial charge in [-0.3, -0.25) is 9.59 Å². The zero-order valence-corrected chi connectivity index (χ0v) is 8.12. The highest BCUT2D eigenvalue weighted by atomic mass is 16.6. The van der Waals surface area contributed by atoms with E-state index in [-0.39, 0.29) is 17.9 Å². The van der Waals surface area contributed by atoms with E-state index >= 15 is 0 Å². The summed E-state index contributed by atoms with van der Waals surface area (Å²) in [7, 11) is 0. The van der Waals surface area contributed by atoms with Gasteiger partial charge in [0.15, 0.2) is 0 Å². The second-order valence-corrected chi connectivity index (χ2v) is 3.43. The molecule has 5 nitrogen and oxygen atoms in total.